The Labute approximate surface area is 105 Å². The Kier molecular flexibility index (Phi) is 3.41. The van der Waals surface area contributed by atoms with Crippen LogP contribution >= 0.6 is 0 Å². The number of hydrogen-bond donors (Lipinski definition) is 0. The second kappa shape index (κ2) is 5.00. The van der Waals surface area contributed by atoms with E-state index in [0.29, 0.717) is 18.3 Å². The van der Waals surface area contributed by atoms with E-state index < -0.39 is 0 Å². The first-order chi connectivity index (χ1) is 8.56. The Balaban J connectivity index is 2.15. The molecule has 1 aromatic heterocycles. The third kappa shape index (κ3) is 2.74. The van der Waals surface area contributed by atoms with Crippen molar-refractivity contribution >= 4 is 5.91 Å². The van der Waals surface area contributed by atoms with E-state index in [2.05, 4.69) is 10.2 Å². The van der Waals surface area contributed by atoms with Gasteiger partial charge in [-0.25, -0.2) is 0 Å². The minimum Gasteiger partial charge on any atom is -0.419 e. The van der Waals surface area contributed by atoms with E-state index in [1.54, 1.807) is 7.05 Å². The normalized spacial score (nSPS) is 10.4. The molecule has 0 bridgehead atoms. The van der Waals surface area contributed by atoms with Gasteiger partial charge in [0.25, 0.3) is 0 Å². The number of nitrogens with zero attached hydrogens (tertiary/aromatic N) is 3. The standard InChI is InChI=1S/C13H15N3O2/c1-9-4-6-11(7-5-9)13-15-14-12(18-13)8-16(3)10(2)17/h4-7H,8H2,1-3H3. The maximum absolute atomic E-state index is 11.1. The SMILES string of the molecule is CC(=O)N(C)Cc1nnc(-c2ccc(C)cc2)o1. The molecule has 18 heavy (non-hydrogen) atoms. The molecule has 5 heteroatoms. The molecule has 0 aliphatic rings. The van der Waals surface area contributed by atoms with Gasteiger partial charge in [-0.2, -0.15) is 0 Å². The molecule has 2 aromatic rings. The maximum Gasteiger partial charge on any atom is 0.247 e. The molecule has 0 N–H and O–H groups in total. The number of rotatable bonds is 3. The quantitative estimate of drug-likeness (QED) is 0.830. The van der Waals surface area contributed by atoms with Crippen LogP contribution in [0.4, 0.5) is 0 Å². The molecule has 0 saturated heterocycles. The molecule has 0 atom stereocenters. The summed E-state index contributed by atoms with van der Waals surface area (Å²) in [5.74, 6) is 0.871. The predicted molar refractivity (Wildman–Crippen MR) is 66.6 cm³/mol. The zero-order valence-electron chi connectivity index (χ0n) is 10.7. The lowest BCUT2D eigenvalue weighted by Gasteiger charge is -2.10. The number of carbonyl (C=O) groups is 1. The number of hydrogen-bond acceptors (Lipinski definition) is 4. The topological polar surface area (TPSA) is 59.2 Å². The monoisotopic (exact) mass is 245 g/mol. The summed E-state index contributed by atoms with van der Waals surface area (Å²) in [4.78, 5) is 12.6. The summed E-state index contributed by atoms with van der Waals surface area (Å²) in [6, 6.07) is 7.84. The highest BCUT2D eigenvalue weighted by Gasteiger charge is 2.11. The lowest BCUT2D eigenvalue weighted by molar-refractivity contribution is -0.128. The third-order valence-corrected chi connectivity index (χ3v) is 2.68. The van der Waals surface area contributed by atoms with Gasteiger partial charge in [0.05, 0.1) is 6.54 Å². The van der Waals surface area contributed by atoms with Crippen LogP contribution in [0.5, 0.6) is 0 Å². The van der Waals surface area contributed by atoms with Crippen molar-refractivity contribution in [2.24, 2.45) is 0 Å². The summed E-state index contributed by atoms with van der Waals surface area (Å²) in [7, 11) is 1.69. The summed E-state index contributed by atoms with van der Waals surface area (Å²) in [6.07, 6.45) is 0. The molecular formula is C13H15N3O2. The molecule has 1 aromatic carbocycles. The second-order valence-corrected chi connectivity index (χ2v) is 4.24. The number of carbonyl (C=O) groups excluding carboxylic acids is 1. The zero-order chi connectivity index (χ0) is 13.1. The van der Waals surface area contributed by atoms with Crippen molar-refractivity contribution in [3.05, 3.63) is 35.7 Å². The van der Waals surface area contributed by atoms with E-state index in [1.165, 1.54) is 17.4 Å². The molecule has 1 heterocycles. The van der Waals surface area contributed by atoms with E-state index in [1.807, 2.05) is 31.2 Å². The van der Waals surface area contributed by atoms with Gasteiger partial charge >= 0.3 is 0 Å². The molecule has 0 saturated carbocycles. The van der Waals surface area contributed by atoms with Crippen molar-refractivity contribution in [1.82, 2.24) is 15.1 Å². The van der Waals surface area contributed by atoms with Gasteiger partial charge in [0, 0.05) is 19.5 Å². The summed E-state index contributed by atoms with van der Waals surface area (Å²) >= 11 is 0. The molecule has 0 aliphatic heterocycles. The van der Waals surface area contributed by atoms with E-state index >= 15 is 0 Å². The Bertz CT molecular complexity index is 546. The van der Waals surface area contributed by atoms with Crippen molar-refractivity contribution in [3.63, 3.8) is 0 Å². The Morgan fingerprint density at radius 2 is 1.94 bits per heavy atom. The van der Waals surface area contributed by atoms with Crippen LogP contribution < -0.4 is 0 Å². The van der Waals surface area contributed by atoms with E-state index in [0.717, 1.165) is 5.56 Å². The van der Waals surface area contributed by atoms with Gasteiger partial charge in [-0.15, -0.1) is 10.2 Å². The fourth-order valence-corrected chi connectivity index (χ4v) is 1.44. The summed E-state index contributed by atoms with van der Waals surface area (Å²) < 4.78 is 5.51. The largest absolute Gasteiger partial charge is 0.419 e. The lowest BCUT2D eigenvalue weighted by Crippen LogP contribution is -2.23. The Morgan fingerprint density at radius 3 is 2.56 bits per heavy atom. The average molecular weight is 245 g/mol. The Morgan fingerprint density at radius 1 is 1.28 bits per heavy atom. The molecule has 5 nitrogen and oxygen atoms in total. The first-order valence-electron chi connectivity index (χ1n) is 5.67. The molecule has 1 amide bonds. The van der Waals surface area contributed by atoms with Gasteiger partial charge < -0.3 is 9.32 Å². The second-order valence-electron chi connectivity index (χ2n) is 4.24. The van der Waals surface area contributed by atoms with Crippen LogP contribution in [-0.2, 0) is 11.3 Å². The molecule has 94 valence electrons. The highest BCUT2D eigenvalue weighted by atomic mass is 16.4. The van der Waals surface area contributed by atoms with Crippen LogP contribution in [0, 0.1) is 6.92 Å². The minimum absolute atomic E-state index is 0.0370. The van der Waals surface area contributed by atoms with Crippen molar-refractivity contribution < 1.29 is 9.21 Å². The molecule has 2 rings (SSSR count). The van der Waals surface area contributed by atoms with Crippen LogP contribution in [-0.4, -0.2) is 28.1 Å². The van der Waals surface area contributed by atoms with Crippen molar-refractivity contribution in [2.75, 3.05) is 7.05 Å². The molecule has 0 spiro atoms. The van der Waals surface area contributed by atoms with Crippen LogP contribution in [0.25, 0.3) is 11.5 Å². The fraction of sp³-hybridized carbons (Fsp3) is 0.308. The zero-order valence-corrected chi connectivity index (χ0v) is 10.7. The van der Waals surface area contributed by atoms with Crippen LogP contribution in [0.1, 0.15) is 18.4 Å². The van der Waals surface area contributed by atoms with Gasteiger partial charge in [0.2, 0.25) is 17.7 Å². The number of benzene rings is 1. The Hall–Kier alpha value is -2.17. The van der Waals surface area contributed by atoms with E-state index in [4.69, 9.17) is 4.42 Å². The van der Waals surface area contributed by atoms with Gasteiger partial charge in [-0.05, 0) is 19.1 Å². The van der Waals surface area contributed by atoms with Crippen molar-refractivity contribution in [1.29, 1.82) is 0 Å². The molecule has 0 unspecified atom stereocenters. The van der Waals surface area contributed by atoms with Crippen LogP contribution in [0.3, 0.4) is 0 Å². The third-order valence-electron chi connectivity index (χ3n) is 2.68. The maximum atomic E-state index is 11.1. The molecule has 0 radical (unpaired) electrons. The number of aryl methyl sites for hydroxylation is 1. The highest BCUT2D eigenvalue weighted by Crippen LogP contribution is 2.18. The van der Waals surface area contributed by atoms with Gasteiger partial charge in [0.1, 0.15) is 0 Å². The average Bonchev–Trinajstić information content (AvgIpc) is 2.78. The number of amides is 1. The fourth-order valence-electron chi connectivity index (χ4n) is 1.44. The molecule has 0 aliphatic carbocycles. The van der Waals surface area contributed by atoms with E-state index in [9.17, 15) is 4.79 Å². The predicted octanol–water partition coefficient (Wildman–Crippen LogP) is 2.02. The van der Waals surface area contributed by atoms with Gasteiger partial charge in [-0.3, -0.25) is 4.79 Å². The summed E-state index contributed by atoms with van der Waals surface area (Å²) in [5.41, 5.74) is 2.06. The lowest BCUT2D eigenvalue weighted by atomic mass is 10.1. The number of aromatic nitrogens is 2. The van der Waals surface area contributed by atoms with Crippen molar-refractivity contribution in [3.8, 4) is 11.5 Å². The minimum atomic E-state index is -0.0370. The van der Waals surface area contributed by atoms with Crippen LogP contribution in [0.2, 0.25) is 0 Å². The summed E-state index contributed by atoms with van der Waals surface area (Å²) in [6.45, 7) is 3.84. The smallest absolute Gasteiger partial charge is 0.247 e. The first kappa shape index (κ1) is 12.3. The van der Waals surface area contributed by atoms with E-state index in [-0.39, 0.29) is 5.91 Å². The molecular weight excluding hydrogens is 230 g/mol. The van der Waals surface area contributed by atoms with Crippen LogP contribution in [0.15, 0.2) is 28.7 Å². The first-order valence-corrected chi connectivity index (χ1v) is 5.67. The van der Waals surface area contributed by atoms with Gasteiger partial charge in [0.15, 0.2) is 0 Å². The highest BCUT2D eigenvalue weighted by molar-refractivity contribution is 5.72. The molecule has 0 fully saturated rings. The van der Waals surface area contributed by atoms with Crippen molar-refractivity contribution in [2.45, 2.75) is 20.4 Å². The summed E-state index contributed by atoms with van der Waals surface area (Å²) in [5, 5.41) is 7.90. The van der Waals surface area contributed by atoms with Gasteiger partial charge in [-0.1, -0.05) is 17.7 Å².